The highest BCUT2D eigenvalue weighted by atomic mass is 16.5. The Morgan fingerprint density at radius 3 is 2.41 bits per heavy atom. The standard InChI is InChI=1S/C20H22N4O5/c1-10(2)29-14-9-22-17-16(21)15(20(27)28-4)19(26)24(18(17)23-14)13-7-5-12(6-8-13)11(3)25/h5-11,25H,21H2,1-4H3. The van der Waals surface area contributed by atoms with Gasteiger partial charge in [-0.3, -0.25) is 9.36 Å². The summed E-state index contributed by atoms with van der Waals surface area (Å²) in [6, 6.07) is 6.62. The van der Waals surface area contributed by atoms with Crippen LogP contribution in [0.1, 0.15) is 42.8 Å². The quantitative estimate of drug-likeness (QED) is 0.624. The van der Waals surface area contributed by atoms with Crippen LogP contribution < -0.4 is 16.0 Å². The molecule has 0 amide bonds. The monoisotopic (exact) mass is 398 g/mol. The minimum absolute atomic E-state index is 0.114. The Balaban J connectivity index is 2.37. The molecule has 1 atom stereocenters. The molecule has 0 aliphatic heterocycles. The molecule has 3 rings (SSSR count). The largest absolute Gasteiger partial charge is 0.474 e. The number of ether oxygens (including phenoxy) is 2. The highest BCUT2D eigenvalue weighted by molar-refractivity contribution is 6.02. The molecule has 0 radical (unpaired) electrons. The van der Waals surface area contributed by atoms with Crippen molar-refractivity contribution in [3.8, 4) is 11.6 Å². The number of nitrogens with two attached hydrogens (primary N) is 1. The second kappa shape index (κ2) is 7.88. The van der Waals surface area contributed by atoms with Crippen LogP contribution in [0.3, 0.4) is 0 Å². The second-order valence-corrected chi connectivity index (χ2v) is 6.74. The zero-order chi connectivity index (χ0) is 21.3. The van der Waals surface area contributed by atoms with Gasteiger partial charge in [0.25, 0.3) is 5.56 Å². The summed E-state index contributed by atoms with van der Waals surface area (Å²) >= 11 is 0. The molecular weight excluding hydrogens is 376 g/mol. The Morgan fingerprint density at radius 2 is 1.86 bits per heavy atom. The van der Waals surface area contributed by atoms with Crippen LogP contribution in [-0.2, 0) is 4.74 Å². The predicted molar refractivity (Wildman–Crippen MR) is 107 cm³/mol. The van der Waals surface area contributed by atoms with Gasteiger partial charge in [0.15, 0.2) is 11.2 Å². The molecule has 152 valence electrons. The molecule has 1 unspecified atom stereocenters. The number of carbonyl (C=O) groups excluding carboxylic acids is 1. The fourth-order valence-electron chi connectivity index (χ4n) is 2.89. The number of carbonyl (C=O) groups is 1. The van der Waals surface area contributed by atoms with Crippen LogP contribution in [0.25, 0.3) is 16.9 Å². The van der Waals surface area contributed by atoms with Gasteiger partial charge in [-0.2, -0.15) is 4.98 Å². The summed E-state index contributed by atoms with van der Waals surface area (Å²) in [5.41, 5.74) is 6.34. The molecule has 0 saturated heterocycles. The van der Waals surface area contributed by atoms with Crippen LogP contribution >= 0.6 is 0 Å². The normalized spacial score (nSPS) is 12.2. The van der Waals surface area contributed by atoms with Crippen molar-refractivity contribution in [2.75, 3.05) is 12.8 Å². The van der Waals surface area contributed by atoms with E-state index in [0.29, 0.717) is 11.3 Å². The number of pyridine rings is 1. The van der Waals surface area contributed by atoms with E-state index in [1.165, 1.54) is 17.9 Å². The first-order valence-corrected chi connectivity index (χ1v) is 8.99. The van der Waals surface area contributed by atoms with Crippen molar-refractivity contribution in [2.24, 2.45) is 0 Å². The summed E-state index contributed by atoms with van der Waals surface area (Å²) in [6.07, 6.45) is 0.560. The van der Waals surface area contributed by atoms with E-state index >= 15 is 0 Å². The number of methoxy groups -OCH3 is 1. The SMILES string of the molecule is COC(=O)c1c(N)c2ncc(OC(C)C)nc2n(-c2ccc(C(C)O)cc2)c1=O. The zero-order valence-corrected chi connectivity index (χ0v) is 16.5. The molecule has 9 heteroatoms. The Labute approximate surface area is 166 Å². The van der Waals surface area contributed by atoms with E-state index in [2.05, 4.69) is 9.97 Å². The Bertz CT molecular complexity index is 1120. The molecule has 9 nitrogen and oxygen atoms in total. The molecule has 3 N–H and O–H groups in total. The van der Waals surface area contributed by atoms with Crippen molar-refractivity contribution >= 4 is 22.8 Å². The number of benzene rings is 1. The lowest BCUT2D eigenvalue weighted by Crippen LogP contribution is -2.29. The van der Waals surface area contributed by atoms with Crippen LogP contribution in [0.4, 0.5) is 5.69 Å². The maximum Gasteiger partial charge on any atom is 0.345 e. The first-order chi connectivity index (χ1) is 13.7. The Morgan fingerprint density at radius 1 is 1.21 bits per heavy atom. The average Bonchev–Trinajstić information content (AvgIpc) is 2.67. The number of aromatic nitrogens is 3. The number of fused-ring (bicyclic) bond motifs is 1. The van der Waals surface area contributed by atoms with Crippen LogP contribution in [0.15, 0.2) is 35.3 Å². The van der Waals surface area contributed by atoms with Crippen molar-refractivity contribution in [3.05, 3.63) is 51.9 Å². The van der Waals surface area contributed by atoms with Gasteiger partial charge in [-0.1, -0.05) is 12.1 Å². The number of hydrogen-bond donors (Lipinski definition) is 2. The molecule has 0 fully saturated rings. The number of esters is 1. The van der Waals surface area contributed by atoms with Crippen molar-refractivity contribution < 1.29 is 19.4 Å². The lowest BCUT2D eigenvalue weighted by Gasteiger charge is -2.16. The van der Waals surface area contributed by atoms with Gasteiger partial charge in [-0.05, 0) is 38.5 Å². The summed E-state index contributed by atoms with van der Waals surface area (Å²) in [7, 11) is 1.17. The van der Waals surface area contributed by atoms with Gasteiger partial charge in [0.1, 0.15) is 5.52 Å². The van der Waals surface area contributed by atoms with E-state index in [1.807, 2.05) is 13.8 Å². The van der Waals surface area contributed by atoms with E-state index in [1.54, 1.807) is 31.2 Å². The molecular formula is C20H22N4O5. The summed E-state index contributed by atoms with van der Waals surface area (Å²) in [5, 5.41) is 9.73. The maximum atomic E-state index is 13.2. The lowest BCUT2D eigenvalue weighted by molar-refractivity contribution is 0.0600. The van der Waals surface area contributed by atoms with Gasteiger partial charge in [-0.25, -0.2) is 9.78 Å². The van der Waals surface area contributed by atoms with Crippen LogP contribution in [0.2, 0.25) is 0 Å². The molecule has 0 bridgehead atoms. The van der Waals surface area contributed by atoms with Gasteiger partial charge in [-0.15, -0.1) is 0 Å². The number of anilines is 1. The summed E-state index contributed by atoms with van der Waals surface area (Å²) in [5.74, 6) is -0.653. The molecule has 0 aliphatic carbocycles. The van der Waals surface area contributed by atoms with E-state index in [-0.39, 0.29) is 34.4 Å². The van der Waals surface area contributed by atoms with E-state index in [9.17, 15) is 14.7 Å². The molecule has 0 aliphatic rings. The molecule has 1 aromatic carbocycles. The summed E-state index contributed by atoms with van der Waals surface area (Å²) in [4.78, 5) is 34.1. The fraction of sp³-hybridized carbons (Fsp3) is 0.300. The van der Waals surface area contributed by atoms with E-state index in [0.717, 1.165) is 0 Å². The average molecular weight is 398 g/mol. The van der Waals surface area contributed by atoms with Crippen LogP contribution in [-0.4, -0.2) is 38.8 Å². The Hall–Kier alpha value is -3.46. The smallest absolute Gasteiger partial charge is 0.345 e. The van der Waals surface area contributed by atoms with Gasteiger partial charge < -0.3 is 20.3 Å². The predicted octanol–water partition coefficient (Wildman–Crippen LogP) is 1.99. The van der Waals surface area contributed by atoms with E-state index in [4.69, 9.17) is 15.2 Å². The first-order valence-electron chi connectivity index (χ1n) is 8.99. The number of nitrogens with zero attached hydrogens (tertiary/aromatic N) is 3. The van der Waals surface area contributed by atoms with Gasteiger partial charge in [0.2, 0.25) is 5.88 Å². The minimum Gasteiger partial charge on any atom is -0.474 e. The zero-order valence-electron chi connectivity index (χ0n) is 16.5. The Kier molecular flexibility index (Phi) is 5.51. The highest BCUT2D eigenvalue weighted by Gasteiger charge is 2.24. The molecule has 29 heavy (non-hydrogen) atoms. The molecule has 2 heterocycles. The molecule has 3 aromatic rings. The van der Waals surface area contributed by atoms with Crippen LogP contribution in [0, 0.1) is 0 Å². The van der Waals surface area contributed by atoms with Crippen LogP contribution in [0.5, 0.6) is 5.88 Å². The topological polar surface area (TPSA) is 130 Å². The molecule has 0 saturated carbocycles. The number of hydrogen-bond acceptors (Lipinski definition) is 8. The number of nitrogen functional groups attached to an aromatic ring is 1. The van der Waals surface area contributed by atoms with E-state index < -0.39 is 17.6 Å². The first kappa shape index (κ1) is 20.3. The summed E-state index contributed by atoms with van der Waals surface area (Å²) in [6.45, 7) is 5.31. The van der Waals surface area contributed by atoms with Crippen molar-refractivity contribution in [1.29, 1.82) is 0 Å². The number of aliphatic hydroxyl groups excluding tert-OH is 1. The fourth-order valence-corrected chi connectivity index (χ4v) is 2.89. The maximum absolute atomic E-state index is 13.2. The molecule has 0 spiro atoms. The number of aliphatic hydroxyl groups is 1. The highest BCUT2D eigenvalue weighted by Crippen LogP contribution is 2.25. The third-order valence-electron chi connectivity index (χ3n) is 4.26. The van der Waals surface area contributed by atoms with Gasteiger partial charge in [0.05, 0.1) is 36.9 Å². The minimum atomic E-state index is -0.868. The third kappa shape index (κ3) is 3.77. The summed E-state index contributed by atoms with van der Waals surface area (Å²) < 4.78 is 11.5. The van der Waals surface area contributed by atoms with Crippen molar-refractivity contribution in [3.63, 3.8) is 0 Å². The molecule has 2 aromatic heterocycles. The van der Waals surface area contributed by atoms with Gasteiger partial charge in [0, 0.05) is 0 Å². The van der Waals surface area contributed by atoms with Gasteiger partial charge >= 0.3 is 5.97 Å². The second-order valence-electron chi connectivity index (χ2n) is 6.74. The third-order valence-corrected chi connectivity index (χ3v) is 4.26. The van der Waals surface area contributed by atoms with Crippen molar-refractivity contribution in [1.82, 2.24) is 14.5 Å². The lowest BCUT2D eigenvalue weighted by atomic mass is 10.1. The number of rotatable bonds is 5. The van der Waals surface area contributed by atoms with Crippen molar-refractivity contribution in [2.45, 2.75) is 33.0 Å².